The van der Waals surface area contributed by atoms with Gasteiger partial charge >= 0.3 is 6.09 Å². The first-order chi connectivity index (χ1) is 15.6. The molecule has 2 saturated heterocycles. The maximum atomic E-state index is 13.1. The first kappa shape index (κ1) is 22.4. The molecule has 1 aromatic carbocycles. The van der Waals surface area contributed by atoms with Crippen molar-refractivity contribution < 1.29 is 19.1 Å². The molecule has 0 spiro atoms. The molecule has 1 saturated carbocycles. The highest BCUT2D eigenvalue weighted by atomic mass is 16.5. The first-order valence-electron chi connectivity index (χ1n) is 11.6. The second kappa shape index (κ2) is 10.2. The summed E-state index contributed by atoms with van der Waals surface area (Å²) in [5, 5.41) is 6.08. The van der Waals surface area contributed by atoms with Crippen molar-refractivity contribution >= 4 is 29.3 Å². The normalized spacial score (nSPS) is 19.7. The van der Waals surface area contributed by atoms with E-state index in [9.17, 15) is 14.4 Å². The van der Waals surface area contributed by atoms with Crippen LogP contribution in [-0.4, -0.2) is 87.2 Å². The Labute approximate surface area is 189 Å². The van der Waals surface area contributed by atoms with Crippen LogP contribution in [0.1, 0.15) is 36.0 Å². The van der Waals surface area contributed by atoms with Crippen LogP contribution in [0.5, 0.6) is 0 Å². The summed E-state index contributed by atoms with van der Waals surface area (Å²) in [6, 6.07) is 5.45. The zero-order chi connectivity index (χ0) is 22.5. The molecule has 3 fully saturated rings. The lowest BCUT2D eigenvalue weighted by atomic mass is 9.84. The summed E-state index contributed by atoms with van der Waals surface area (Å²) in [7, 11) is 1.32. The molecule has 2 aliphatic heterocycles. The Kier molecular flexibility index (Phi) is 7.14. The van der Waals surface area contributed by atoms with Crippen LogP contribution in [0.3, 0.4) is 0 Å². The fourth-order valence-corrected chi connectivity index (χ4v) is 4.52. The number of benzene rings is 1. The largest absolute Gasteiger partial charge is 0.453 e. The predicted octanol–water partition coefficient (Wildman–Crippen LogP) is 1.75. The molecule has 1 aliphatic carbocycles. The summed E-state index contributed by atoms with van der Waals surface area (Å²) in [5.74, 6) is 0.443. The molecule has 0 aromatic heterocycles. The summed E-state index contributed by atoms with van der Waals surface area (Å²) in [6.07, 6.45) is 3.51. The molecule has 9 nitrogen and oxygen atoms in total. The van der Waals surface area contributed by atoms with Crippen molar-refractivity contribution in [3.8, 4) is 0 Å². The van der Waals surface area contributed by atoms with Crippen LogP contribution < -0.4 is 15.5 Å². The minimum absolute atomic E-state index is 0.0379. The second-order valence-corrected chi connectivity index (χ2v) is 8.68. The maximum Gasteiger partial charge on any atom is 0.411 e. The summed E-state index contributed by atoms with van der Waals surface area (Å²) < 4.78 is 4.80. The van der Waals surface area contributed by atoms with Gasteiger partial charge in [-0.1, -0.05) is 6.42 Å². The molecule has 2 N–H and O–H groups in total. The minimum atomic E-state index is -0.575. The van der Waals surface area contributed by atoms with Crippen molar-refractivity contribution in [1.82, 2.24) is 15.1 Å². The van der Waals surface area contributed by atoms with Gasteiger partial charge in [0.05, 0.1) is 18.5 Å². The van der Waals surface area contributed by atoms with Crippen LogP contribution in [0, 0.1) is 5.92 Å². The van der Waals surface area contributed by atoms with Crippen molar-refractivity contribution in [2.24, 2.45) is 5.92 Å². The van der Waals surface area contributed by atoms with E-state index < -0.39 is 6.09 Å². The van der Waals surface area contributed by atoms with Crippen LogP contribution in [0.4, 0.5) is 16.2 Å². The number of anilines is 2. The van der Waals surface area contributed by atoms with Crippen molar-refractivity contribution in [2.75, 3.05) is 69.7 Å². The highest BCUT2D eigenvalue weighted by Gasteiger charge is 2.31. The van der Waals surface area contributed by atoms with Crippen LogP contribution in [0.15, 0.2) is 18.2 Å². The van der Waals surface area contributed by atoms with Gasteiger partial charge in [0.15, 0.2) is 0 Å². The number of methoxy groups -OCH3 is 1. The summed E-state index contributed by atoms with van der Waals surface area (Å²) in [4.78, 5) is 43.6. The number of piperazine rings is 1. The zero-order valence-corrected chi connectivity index (χ0v) is 18.8. The average Bonchev–Trinajstić information content (AvgIpc) is 3.07. The number of hydrogen-bond donors (Lipinski definition) is 2. The van der Waals surface area contributed by atoms with Crippen LogP contribution >= 0.6 is 0 Å². The van der Waals surface area contributed by atoms with E-state index in [1.165, 1.54) is 7.11 Å². The molecular formula is C23H33N5O4. The second-order valence-electron chi connectivity index (χ2n) is 8.68. The molecular weight excluding hydrogens is 410 g/mol. The highest BCUT2D eigenvalue weighted by molar-refractivity contribution is 5.98. The van der Waals surface area contributed by atoms with Gasteiger partial charge in [-0.2, -0.15) is 0 Å². The third kappa shape index (κ3) is 4.98. The molecule has 0 unspecified atom stereocenters. The van der Waals surface area contributed by atoms with Crippen molar-refractivity contribution in [2.45, 2.75) is 25.7 Å². The molecule has 9 heteroatoms. The van der Waals surface area contributed by atoms with Gasteiger partial charge in [-0.05, 0) is 44.0 Å². The number of hydrogen-bond acceptors (Lipinski definition) is 6. The lowest BCUT2D eigenvalue weighted by molar-refractivity contribution is -0.138. The lowest BCUT2D eigenvalue weighted by Crippen LogP contribution is -2.51. The van der Waals surface area contributed by atoms with Gasteiger partial charge in [-0.3, -0.25) is 14.9 Å². The van der Waals surface area contributed by atoms with E-state index in [0.717, 1.165) is 44.5 Å². The van der Waals surface area contributed by atoms with Gasteiger partial charge in [0.2, 0.25) is 5.91 Å². The monoisotopic (exact) mass is 443 g/mol. The van der Waals surface area contributed by atoms with Gasteiger partial charge in [0, 0.05) is 57.3 Å². The van der Waals surface area contributed by atoms with Gasteiger partial charge in [0.1, 0.15) is 0 Å². The molecule has 0 radical (unpaired) electrons. The molecule has 1 aromatic rings. The van der Waals surface area contributed by atoms with E-state index in [4.69, 9.17) is 4.74 Å². The predicted molar refractivity (Wildman–Crippen MR) is 122 cm³/mol. The Morgan fingerprint density at radius 3 is 2.44 bits per heavy atom. The van der Waals surface area contributed by atoms with Crippen LogP contribution in [0.2, 0.25) is 0 Å². The molecule has 0 atom stereocenters. The number of amides is 3. The van der Waals surface area contributed by atoms with Crippen LogP contribution in [0.25, 0.3) is 0 Å². The highest BCUT2D eigenvalue weighted by Crippen LogP contribution is 2.31. The average molecular weight is 444 g/mol. The summed E-state index contributed by atoms with van der Waals surface area (Å²) >= 11 is 0. The maximum absolute atomic E-state index is 13.1. The third-order valence-electron chi connectivity index (χ3n) is 6.68. The van der Waals surface area contributed by atoms with Gasteiger partial charge < -0.3 is 24.8 Å². The number of carbonyl (C=O) groups is 3. The SMILES string of the molecule is COC(=O)Nc1cc(C(=O)N2CCCNCC2)ccc1N1CCN(C(=O)C2CCC2)CC1. The quantitative estimate of drug-likeness (QED) is 0.736. The van der Waals surface area contributed by atoms with E-state index >= 15 is 0 Å². The lowest BCUT2D eigenvalue weighted by Gasteiger charge is -2.39. The molecule has 174 valence electrons. The number of nitrogens with one attached hydrogen (secondary N) is 2. The van der Waals surface area contributed by atoms with Gasteiger partial charge in [-0.15, -0.1) is 0 Å². The number of rotatable bonds is 4. The fourth-order valence-electron chi connectivity index (χ4n) is 4.52. The summed E-state index contributed by atoms with van der Waals surface area (Å²) in [5.41, 5.74) is 1.93. The van der Waals surface area contributed by atoms with E-state index in [-0.39, 0.29) is 17.7 Å². The Hall–Kier alpha value is -2.81. The molecule has 0 bridgehead atoms. The smallest absolute Gasteiger partial charge is 0.411 e. The van der Waals surface area contributed by atoms with Crippen molar-refractivity contribution in [1.29, 1.82) is 0 Å². The van der Waals surface area contributed by atoms with E-state index in [1.807, 2.05) is 21.9 Å². The standard InChI is InChI=1S/C23H33N5O4/c1-32-23(31)25-19-16-18(22(30)27-10-3-8-24-9-11-27)6-7-20(19)26-12-14-28(15-13-26)21(29)17-4-2-5-17/h6-7,16-17,24H,2-5,8-15H2,1H3,(H,25,31). The molecule has 3 aliphatic rings. The Morgan fingerprint density at radius 1 is 0.969 bits per heavy atom. The van der Waals surface area contributed by atoms with Gasteiger partial charge in [0.25, 0.3) is 5.91 Å². The Bertz CT molecular complexity index is 841. The van der Waals surface area contributed by atoms with Crippen molar-refractivity contribution in [3.05, 3.63) is 23.8 Å². The number of ether oxygens (including phenoxy) is 1. The zero-order valence-electron chi connectivity index (χ0n) is 18.8. The van der Waals surface area contributed by atoms with E-state index in [2.05, 4.69) is 15.5 Å². The van der Waals surface area contributed by atoms with Crippen LogP contribution in [-0.2, 0) is 9.53 Å². The fraction of sp³-hybridized carbons (Fsp3) is 0.609. The third-order valence-corrected chi connectivity index (χ3v) is 6.68. The molecule has 32 heavy (non-hydrogen) atoms. The minimum Gasteiger partial charge on any atom is -0.453 e. The molecule has 2 heterocycles. The molecule has 4 rings (SSSR count). The topological polar surface area (TPSA) is 94.2 Å². The Balaban J connectivity index is 1.49. The number of carbonyl (C=O) groups excluding carboxylic acids is 3. The van der Waals surface area contributed by atoms with E-state index in [0.29, 0.717) is 50.5 Å². The Morgan fingerprint density at radius 2 is 1.75 bits per heavy atom. The van der Waals surface area contributed by atoms with Crippen molar-refractivity contribution in [3.63, 3.8) is 0 Å². The van der Waals surface area contributed by atoms with E-state index in [1.54, 1.807) is 6.07 Å². The summed E-state index contributed by atoms with van der Waals surface area (Å²) in [6.45, 7) is 5.75. The first-order valence-corrected chi connectivity index (χ1v) is 11.6. The van der Waals surface area contributed by atoms with Gasteiger partial charge in [-0.25, -0.2) is 4.79 Å². The molecule has 3 amide bonds. The number of nitrogens with zero attached hydrogens (tertiary/aromatic N) is 3.